The third-order valence-electron chi connectivity index (χ3n) is 4.33. The molecule has 1 heterocycles. The van der Waals surface area contributed by atoms with Gasteiger partial charge in [0.1, 0.15) is 0 Å². The number of urea groups is 1. The van der Waals surface area contributed by atoms with Crippen molar-refractivity contribution in [3.05, 3.63) is 34.9 Å². The number of amides is 2. The molecule has 0 aromatic heterocycles. The molecule has 1 aromatic carbocycles. The molecule has 1 aliphatic heterocycles. The van der Waals surface area contributed by atoms with E-state index in [-0.39, 0.29) is 22.6 Å². The van der Waals surface area contributed by atoms with E-state index in [0.717, 1.165) is 5.56 Å². The van der Waals surface area contributed by atoms with E-state index in [9.17, 15) is 4.79 Å². The molecule has 4 heteroatoms. The Bertz CT molecular complexity index is 568. The lowest BCUT2D eigenvalue weighted by atomic mass is 9.87. The van der Waals surface area contributed by atoms with Crippen molar-refractivity contribution in [2.24, 2.45) is 0 Å². The number of benzene rings is 1. The first kappa shape index (κ1) is 17.1. The van der Waals surface area contributed by atoms with Gasteiger partial charge in [-0.25, -0.2) is 4.79 Å². The van der Waals surface area contributed by atoms with E-state index in [1.807, 2.05) is 34.1 Å². The summed E-state index contributed by atoms with van der Waals surface area (Å²) in [5.41, 5.74) is 0.288. The van der Waals surface area contributed by atoms with Crippen LogP contribution in [0.2, 0.25) is 5.02 Å². The quantitative estimate of drug-likeness (QED) is 0.722. The first-order chi connectivity index (χ1) is 9.87. The molecular formula is C18H27ClN2O. The Labute approximate surface area is 139 Å². The molecule has 22 heavy (non-hydrogen) atoms. The van der Waals surface area contributed by atoms with Crippen molar-refractivity contribution >= 4 is 17.6 Å². The molecule has 1 atom stereocenters. The first-order valence-electron chi connectivity index (χ1n) is 7.75. The van der Waals surface area contributed by atoms with Gasteiger partial charge in [0, 0.05) is 16.1 Å². The van der Waals surface area contributed by atoms with Gasteiger partial charge in [-0.3, -0.25) is 0 Å². The van der Waals surface area contributed by atoms with Crippen molar-refractivity contribution in [1.29, 1.82) is 0 Å². The fourth-order valence-corrected chi connectivity index (χ4v) is 3.48. The lowest BCUT2D eigenvalue weighted by molar-refractivity contribution is 0.0876. The van der Waals surface area contributed by atoms with Gasteiger partial charge in [-0.2, -0.15) is 0 Å². The van der Waals surface area contributed by atoms with Crippen LogP contribution in [0.4, 0.5) is 4.79 Å². The third kappa shape index (κ3) is 2.83. The summed E-state index contributed by atoms with van der Waals surface area (Å²) in [5.74, 6) is 0. The van der Waals surface area contributed by atoms with Crippen LogP contribution in [-0.4, -0.2) is 33.5 Å². The van der Waals surface area contributed by atoms with Crippen LogP contribution in [0.1, 0.15) is 54.0 Å². The Morgan fingerprint density at radius 2 is 1.50 bits per heavy atom. The van der Waals surface area contributed by atoms with Crippen LogP contribution < -0.4 is 0 Å². The molecule has 1 unspecified atom stereocenters. The Hall–Kier alpha value is -1.22. The van der Waals surface area contributed by atoms with Crippen LogP contribution in [0, 0.1) is 0 Å². The maximum atomic E-state index is 13.1. The summed E-state index contributed by atoms with van der Waals surface area (Å²) in [4.78, 5) is 17.1. The summed E-state index contributed by atoms with van der Waals surface area (Å²) in [7, 11) is 0. The fraction of sp³-hybridized carbons (Fsp3) is 0.611. The normalized spacial score (nSPS) is 23.4. The molecule has 2 rings (SSSR count). The minimum atomic E-state index is -0.368. The van der Waals surface area contributed by atoms with Crippen LogP contribution >= 0.6 is 11.6 Å². The maximum absolute atomic E-state index is 13.1. The summed E-state index contributed by atoms with van der Waals surface area (Å²) in [6.45, 7) is 15.3. The second kappa shape index (κ2) is 5.16. The van der Waals surface area contributed by atoms with Crippen molar-refractivity contribution in [2.75, 3.05) is 6.54 Å². The van der Waals surface area contributed by atoms with E-state index in [0.29, 0.717) is 11.6 Å². The van der Waals surface area contributed by atoms with Crippen molar-refractivity contribution in [3.8, 4) is 0 Å². The van der Waals surface area contributed by atoms with Crippen LogP contribution in [0.5, 0.6) is 0 Å². The summed E-state index contributed by atoms with van der Waals surface area (Å²) in [6, 6.07) is 7.94. The number of carbonyl (C=O) groups is 1. The minimum absolute atomic E-state index is 0.0949. The molecule has 2 amide bonds. The zero-order valence-electron chi connectivity index (χ0n) is 14.7. The monoisotopic (exact) mass is 322 g/mol. The van der Waals surface area contributed by atoms with E-state index < -0.39 is 0 Å². The molecule has 122 valence electrons. The Balaban J connectivity index is 2.56. The van der Waals surface area contributed by atoms with E-state index in [1.165, 1.54) is 0 Å². The molecule has 0 spiro atoms. The van der Waals surface area contributed by atoms with Gasteiger partial charge in [-0.1, -0.05) is 23.7 Å². The van der Waals surface area contributed by atoms with Gasteiger partial charge in [-0.15, -0.1) is 0 Å². The van der Waals surface area contributed by atoms with E-state index in [4.69, 9.17) is 11.6 Å². The summed E-state index contributed by atoms with van der Waals surface area (Å²) < 4.78 is 0. The molecule has 3 nitrogen and oxygen atoms in total. The Morgan fingerprint density at radius 1 is 1.00 bits per heavy atom. The number of carbonyl (C=O) groups excluding carboxylic acids is 1. The molecule has 1 aliphatic rings. The van der Waals surface area contributed by atoms with Gasteiger partial charge in [0.05, 0.1) is 12.1 Å². The highest BCUT2D eigenvalue weighted by Gasteiger charge is 2.54. The van der Waals surface area contributed by atoms with Crippen LogP contribution in [-0.2, 0) is 5.54 Å². The summed E-state index contributed by atoms with van der Waals surface area (Å²) in [6.07, 6.45) is 0. The number of rotatable bonds is 1. The summed E-state index contributed by atoms with van der Waals surface area (Å²) in [5, 5.41) is 0.714. The Morgan fingerprint density at radius 3 is 1.91 bits per heavy atom. The molecule has 0 bridgehead atoms. The molecule has 1 aromatic rings. The van der Waals surface area contributed by atoms with Gasteiger partial charge in [-0.05, 0) is 66.2 Å². The molecule has 0 radical (unpaired) electrons. The van der Waals surface area contributed by atoms with Gasteiger partial charge in [0.15, 0.2) is 0 Å². The van der Waals surface area contributed by atoms with E-state index in [2.05, 4.69) is 48.5 Å². The smallest absolute Gasteiger partial charge is 0.317 e. The highest BCUT2D eigenvalue weighted by molar-refractivity contribution is 6.30. The lowest BCUT2D eigenvalue weighted by Gasteiger charge is -2.43. The van der Waals surface area contributed by atoms with Crippen LogP contribution in [0.25, 0.3) is 0 Å². The molecule has 0 N–H and O–H groups in total. The number of halogens is 1. The number of hydrogen-bond acceptors (Lipinski definition) is 1. The second-order valence-corrected chi connectivity index (χ2v) is 8.76. The highest BCUT2D eigenvalue weighted by Crippen LogP contribution is 2.43. The lowest BCUT2D eigenvalue weighted by Crippen LogP contribution is -2.53. The average molecular weight is 323 g/mol. The predicted molar refractivity (Wildman–Crippen MR) is 92.3 cm³/mol. The van der Waals surface area contributed by atoms with E-state index in [1.54, 1.807) is 0 Å². The van der Waals surface area contributed by atoms with Crippen molar-refractivity contribution in [1.82, 2.24) is 9.80 Å². The van der Waals surface area contributed by atoms with Gasteiger partial charge >= 0.3 is 6.03 Å². The molecule has 1 saturated heterocycles. The molecule has 0 aliphatic carbocycles. The van der Waals surface area contributed by atoms with Crippen LogP contribution in [0.15, 0.2) is 24.3 Å². The highest BCUT2D eigenvalue weighted by atomic mass is 35.5. The fourth-order valence-electron chi connectivity index (χ4n) is 3.36. The third-order valence-corrected chi connectivity index (χ3v) is 4.58. The average Bonchev–Trinajstić information content (AvgIpc) is 2.62. The number of nitrogens with zero attached hydrogens (tertiary/aromatic N) is 2. The van der Waals surface area contributed by atoms with E-state index >= 15 is 0 Å². The van der Waals surface area contributed by atoms with Gasteiger partial charge in [0.25, 0.3) is 0 Å². The molecule has 1 fully saturated rings. The number of hydrogen-bond donors (Lipinski definition) is 0. The van der Waals surface area contributed by atoms with Gasteiger partial charge < -0.3 is 9.80 Å². The topological polar surface area (TPSA) is 23.6 Å². The van der Waals surface area contributed by atoms with Crippen molar-refractivity contribution < 1.29 is 4.79 Å². The minimum Gasteiger partial charge on any atom is -0.317 e. The standard InChI is InChI=1S/C18H27ClN2O/c1-16(2,3)20-12-18(7,13-8-10-14(19)11-9-13)21(15(20)22)17(4,5)6/h8-11H,12H2,1-7H3. The van der Waals surface area contributed by atoms with Crippen molar-refractivity contribution in [3.63, 3.8) is 0 Å². The second-order valence-electron chi connectivity index (χ2n) is 8.33. The van der Waals surface area contributed by atoms with Crippen molar-refractivity contribution in [2.45, 2.75) is 65.1 Å². The first-order valence-corrected chi connectivity index (χ1v) is 8.13. The zero-order chi connectivity index (χ0) is 16.9. The van der Waals surface area contributed by atoms with Gasteiger partial charge in [0.2, 0.25) is 0 Å². The maximum Gasteiger partial charge on any atom is 0.321 e. The SMILES string of the molecule is CC(C)(C)N1CC(C)(c2ccc(Cl)cc2)N(C(C)(C)C)C1=O. The largest absolute Gasteiger partial charge is 0.321 e. The molecular weight excluding hydrogens is 296 g/mol. The Kier molecular flexibility index (Phi) is 4.02. The predicted octanol–water partition coefficient (Wildman–Crippen LogP) is 4.89. The molecule has 0 saturated carbocycles. The summed E-state index contributed by atoms with van der Waals surface area (Å²) >= 11 is 6.03. The zero-order valence-corrected chi connectivity index (χ0v) is 15.5. The van der Waals surface area contributed by atoms with Crippen LogP contribution in [0.3, 0.4) is 0 Å².